The maximum Gasteiger partial charge on any atom is 0.309 e. The zero-order chi connectivity index (χ0) is 20.5. The predicted molar refractivity (Wildman–Crippen MR) is 116 cm³/mol. The monoisotopic (exact) mass is 408 g/mol. The molecule has 2 aromatic rings. The van der Waals surface area contributed by atoms with Crippen LogP contribution in [0.3, 0.4) is 0 Å². The van der Waals surface area contributed by atoms with E-state index < -0.39 is 5.97 Å². The Balaban J connectivity index is 1.16. The highest BCUT2D eigenvalue weighted by molar-refractivity contribution is 5.83. The highest BCUT2D eigenvalue weighted by Crippen LogP contribution is 2.40. The molecular weight excluding hydrogens is 376 g/mol. The van der Waals surface area contributed by atoms with Gasteiger partial charge in [-0.05, 0) is 61.1 Å². The lowest BCUT2D eigenvalue weighted by atomic mass is 9.78. The smallest absolute Gasteiger partial charge is 0.309 e. The SMILES string of the molecule is O=C(O)C1CN(Cc2cc3ccc(O[C@H]4CC[C@H](C5CCCC5)CC4)cc3cn2)C1. The van der Waals surface area contributed by atoms with Gasteiger partial charge in [0.05, 0.1) is 17.7 Å². The van der Waals surface area contributed by atoms with Crippen LogP contribution in [0.1, 0.15) is 57.1 Å². The number of carboxylic acids is 1. The van der Waals surface area contributed by atoms with Crippen molar-refractivity contribution < 1.29 is 14.6 Å². The predicted octanol–water partition coefficient (Wildman–Crippen LogP) is 4.88. The fourth-order valence-electron chi connectivity index (χ4n) is 5.71. The molecular formula is C25H32N2O3. The van der Waals surface area contributed by atoms with E-state index in [9.17, 15) is 4.79 Å². The van der Waals surface area contributed by atoms with Crippen molar-refractivity contribution in [1.82, 2.24) is 9.88 Å². The minimum Gasteiger partial charge on any atom is -0.490 e. The molecule has 0 bridgehead atoms. The van der Waals surface area contributed by atoms with Gasteiger partial charge < -0.3 is 9.84 Å². The lowest BCUT2D eigenvalue weighted by Gasteiger charge is -2.36. The highest BCUT2D eigenvalue weighted by Gasteiger charge is 2.32. The second-order valence-electron chi connectivity index (χ2n) is 9.61. The first-order valence-corrected chi connectivity index (χ1v) is 11.6. The van der Waals surface area contributed by atoms with E-state index in [1.807, 2.05) is 6.20 Å². The summed E-state index contributed by atoms with van der Waals surface area (Å²) < 4.78 is 6.34. The summed E-state index contributed by atoms with van der Waals surface area (Å²) in [6, 6.07) is 8.43. The second kappa shape index (κ2) is 8.54. The number of aromatic nitrogens is 1. The Hall–Kier alpha value is -2.14. The van der Waals surface area contributed by atoms with E-state index in [4.69, 9.17) is 9.84 Å². The van der Waals surface area contributed by atoms with Gasteiger partial charge in [0, 0.05) is 31.2 Å². The average Bonchev–Trinajstić information content (AvgIpc) is 3.25. The van der Waals surface area contributed by atoms with Gasteiger partial charge in [-0.15, -0.1) is 0 Å². The second-order valence-corrected chi connectivity index (χ2v) is 9.61. The lowest BCUT2D eigenvalue weighted by Crippen LogP contribution is -2.49. The molecule has 0 amide bonds. The van der Waals surface area contributed by atoms with Crippen molar-refractivity contribution in [2.45, 2.75) is 64.0 Å². The van der Waals surface area contributed by atoms with Gasteiger partial charge in [-0.1, -0.05) is 31.7 Å². The van der Waals surface area contributed by atoms with Crippen molar-refractivity contribution in [3.63, 3.8) is 0 Å². The molecule has 5 nitrogen and oxygen atoms in total. The molecule has 1 aliphatic heterocycles. The zero-order valence-electron chi connectivity index (χ0n) is 17.6. The van der Waals surface area contributed by atoms with Crippen LogP contribution in [-0.4, -0.2) is 40.2 Å². The van der Waals surface area contributed by atoms with Gasteiger partial charge in [-0.2, -0.15) is 0 Å². The Morgan fingerprint density at radius 3 is 2.47 bits per heavy atom. The van der Waals surface area contributed by atoms with Gasteiger partial charge in [0.15, 0.2) is 0 Å². The van der Waals surface area contributed by atoms with Crippen molar-refractivity contribution in [2.24, 2.45) is 17.8 Å². The normalized spacial score (nSPS) is 26.0. The molecule has 0 spiro atoms. The summed E-state index contributed by atoms with van der Waals surface area (Å²) in [4.78, 5) is 17.7. The van der Waals surface area contributed by atoms with Gasteiger partial charge in [-0.3, -0.25) is 14.7 Å². The van der Waals surface area contributed by atoms with Crippen LogP contribution in [-0.2, 0) is 11.3 Å². The third-order valence-corrected chi connectivity index (χ3v) is 7.53. The first-order valence-electron chi connectivity index (χ1n) is 11.6. The van der Waals surface area contributed by atoms with Crippen LogP contribution in [0.2, 0.25) is 0 Å². The Morgan fingerprint density at radius 1 is 1.00 bits per heavy atom. The lowest BCUT2D eigenvalue weighted by molar-refractivity contribution is -0.147. The van der Waals surface area contributed by atoms with Gasteiger partial charge in [0.25, 0.3) is 0 Å². The zero-order valence-corrected chi connectivity index (χ0v) is 17.6. The van der Waals surface area contributed by atoms with Crippen LogP contribution < -0.4 is 4.74 Å². The number of hydrogen-bond donors (Lipinski definition) is 1. The Labute approximate surface area is 178 Å². The summed E-state index contributed by atoms with van der Waals surface area (Å²) >= 11 is 0. The highest BCUT2D eigenvalue weighted by atomic mass is 16.5. The number of carboxylic acid groups (broad SMARTS) is 1. The van der Waals surface area contributed by atoms with Crippen molar-refractivity contribution in [3.05, 3.63) is 36.2 Å². The first-order chi connectivity index (χ1) is 14.6. The Kier molecular flexibility index (Phi) is 5.64. The molecule has 3 aliphatic rings. The number of fused-ring (bicyclic) bond motifs is 1. The topological polar surface area (TPSA) is 62.7 Å². The van der Waals surface area contributed by atoms with Crippen molar-refractivity contribution >= 4 is 16.7 Å². The minimum atomic E-state index is -0.697. The number of hydrogen-bond acceptors (Lipinski definition) is 4. The van der Waals surface area contributed by atoms with E-state index in [1.165, 1.54) is 51.4 Å². The minimum absolute atomic E-state index is 0.224. The number of aliphatic carboxylic acids is 1. The molecule has 0 atom stereocenters. The van der Waals surface area contributed by atoms with Crippen LogP contribution in [0.4, 0.5) is 0 Å². The molecule has 160 valence electrons. The Morgan fingerprint density at radius 2 is 1.73 bits per heavy atom. The summed E-state index contributed by atoms with van der Waals surface area (Å²) in [6.45, 7) is 1.94. The van der Waals surface area contributed by atoms with E-state index in [2.05, 4.69) is 34.1 Å². The number of likely N-dealkylation sites (tertiary alicyclic amines) is 1. The third kappa shape index (κ3) is 4.31. The molecule has 1 N–H and O–H groups in total. The number of rotatable bonds is 6. The fourth-order valence-corrected chi connectivity index (χ4v) is 5.71. The van der Waals surface area contributed by atoms with Crippen LogP contribution in [0.25, 0.3) is 10.8 Å². The molecule has 5 heteroatoms. The molecule has 5 rings (SSSR count). The number of ether oxygens (including phenoxy) is 1. The fraction of sp³-hybridized carbons (Fsp3) is 0.600. The van der Waals surface area contributed by atoms with E-state index in [-0.39, 0.29) is 5.92 Å². The molecule has 2 saturated carbocycles. The quantitative estimate of drug-likeness (QED) is 0.738. The van der Waals surface area contributed by atoms with Crippen LogP contribution in [0, 0.1) is 17.8 Å². The van der Waals surface area contributed by atoms with Crippen LogP contribution >= 0.6 is 0 Å². The standard InChI is InChI=1S/C25H32N2O3/c28-25(29)21-14-27(15-21)16-22-11-19-7-10-24(12-20(19)13-26-22)30-23-8-5-18(6-9-23)17-3-1-2-4-17/h7,10-13,17-18,21,23H,1-6,8-9,14-16H2,(H,28,29)/t18-,23-. The van der Waals surface area contributed by atoms with E-state index in [0.717, 1.165) is 34.1 Å². The molecule has 3 fully saturated rings. The number of benzene rings is 1. The summed E-state index contributed by atoms with van der Waals surface area (Å²) in [5.41, 5.74) is 0.991. The van der Waals surface area contributed by atoms with Gasteiger partial charge in [0.1, 0.15) is 5.75 Å². The largest absolute Gasteiger partial charge is 0.490 e. The maximum absolute atomic E-state index is 11.0. The number of carbonyl (C=O) groups is 1. The first kappa shape index (κ1) is 19.8. The molecule has 0 unspecified atom stereocenters. The summed E-state index contributed by atoms with van der Waals surface area (Å²) in [5.74, 6) is 1.95. The van der Waals surface area contributed by atoms with Crippen molar-refractivity contribution in [2.75, 3.05) is 13.1 Å². The van der Waals surface area contributed by atoms with Crippen LogP contribution in [0.5, 0.6) is 5.75 Å². The van der Waals surface area contributed by atoms with E-state index in [1.54, 1.807) is 0 Å². The molecule has 30 heavy (non-hydrogen) atoms. The van der Waals surface area contributed by atoms with Crippen LogP contribution in [0.15, 0.2) is 30.5 Å². The maximum atomic E-state index is 11.0. The molecule has 1 aromatic heterocycles. The van der Waals surface area contributed by atoms with Gasteiger partial charge in [0.2, 0.25) is 0 Å². The van der Waals surface area contributed by atoms with Crippen molar-refractivity contribution in [1.29, 1.82) is 0 Å². The Bertz CT molecular complexity index is 894. The van der Waals surface area contributed by atoms with E-state index in [0.29, 0.717) is 25.7 Å². The average molecular weight is 409 g/mol. The number of nitrogens with zero attached hydrogens (tertiary/aromatic N) is 2. The summed E-state index contributed by atoms with van der Waals surface area (Å²) in [5, 5.41) is 11.3. The van der Waals surface area contributed by atoms with Gasteiger partial charge >= 0.3 is 5.97 Å². The summed E-state index contributed by atoms with van der Waals surface area (Å²) in [6.07, 6.45) is 13.1. The molecule has 1 aromatic carbocycles. The molecule has 0 radical (unpaired) electrons. The third-order valence-electron chi connectivity index (χ3n) is 7.53. The number of pyridine rings is 1. The molecule has 2 aliphatic carbocycles. The van der Waals surface area contributed by atoms with E-state index >= 15 is 0 Å². The van der Waals surface area contributed by atoms with Crippen molar-refractivity contribution in [3.8, 4) is 5.75 Å². The molecule has 2 heterocycles. The summed E-state index contributed by atoms with van der Waals surface area (Å²) in [7, 11) is 0. The molecule has 1 saturated heterocycles. The van der Waals surface area contributed by atoms with Gasteiger partial charge in [-0.25, -0.2) is 0 Å².